The fraction of sp³-hybridized carbons (Fsp3) is 0.269. The van der Waals surface area contributed by atoms with E-state index < -0.39 is 0 Å². The molecule has 0 radical (unpaired) electrons. The number of anilines is 2. The number of H-pyrrole nitrogens is 1. The Balaban J connectivity index is 1.27. The van der Waals surface area contributed by atoms with Gasteiger partial charge in [-0.3, -0.25) is 19.8 Å². The first kappa shape index (κ1) is 23.4. The summed E-state index contributed by atoms with van der Waals surface area (Å²) >= 11 is 0. The summed E-state index contributed by atoms with van der Waals surface area (Å²) in [6.45, 7) is 7.31. The van der Waals surface area contributed by atoms with E-state index in [9.17, 15) is 4.79 Å². The van der Waals surface area contributed by atoms with Gasteiger partial charge >= 0.3 is 0 Å². The number of aromatic amines is 1. The molecule has 1 amide bonds. The quantitative estimate of drug-likeness (QED) is 0.378. The van der Waals surface area contributed by atoms with Crippen molar-refractivity contribution in [1.82, 2.24) is 34.9 Å². The summed E-state index contributed by atoms with van der Waals surface area (Å²) in [5.74, 6) is 6.04. The van der Waals surface area contributed by atoms with Gasteiger partial charge in [0.1, 0.15) is 17.8 Å². The summed E-state index contributed by atoms with van der Waals surface area (Å²) in [6.07, 6.45) is 4.47. The largest absolute Gasteiger partial charge is 0.383 e. The highest BCUT2D eigenvalue weighted by Gasteiger charge is 2.15. The number of rotatable bonds is 4. The molecule has 4 N–H and O–H groups in total. The zero-order valence-electron chi connectivity index (χ0n) is 20.2. The zero-order chi connectivity index (χ0) is 25.1. The molecule has 182 valence electrons. The molecule has 1 aliphatic rings. The van der Waals surface area contributed by atoms with Crippen molar-refractivity contribution in [3.05, 3.63) is 70.9 Å². The molecular weight excluding hydrogens is 454 g/mol. The molecule has 10 nitrogen and oxygen atoms in total. The van der Waals surface area contributed by atoms with Crippen molar-refractivity contribution in [3.8, 4) is 11.8 Å². The van der Waals surface area contributed by atoms with Gasteiger partial charge in [0.2, 0.25) is 0 Å². The van der Waals surface area contributed by atoms with Crippen LogP contribution in [0.1, 0.15) is 32.7 Å². The second kappa shape index (κ2) is 10.1. The van der Waals surface area contributed by atoms with Crippen molar-refractivity contribution in [3.63, 3.8) is 0 Å². The summed E-state index contributed by atoms with van der Waals surface area (Å²) in [5.41, 5.74) is 11.1. The van der Waals surface area contributed by atoms with E-state index in [2.05, 4.69) is 72.1 Å². The molecule has 0 atom stereocenters. The van der Waals surface area contributed by atoms with Gasteiger partial charge in [-0.05, 0) is 49.2 Å². The van der Waals surface area contributed by atoms with E-state index in [1.54, 1.807) is 12.3 Å². The minimum Gasteiger partial charge on any atom is -0.383 e. The third kappa shape index (κ3) is 5.17. The summed E-state index contributed by atoms with van der Waals surface area (Å²) in [7, 11) is 2.16. The molecule has 4 aromatic rings. The number of fused-ring (bicyclic) bond motifs is 1. The number of amides is 1. The van der Waals surface area contributed by atoms with Crippen molar-refractivity contribution in [2.75, 3.05) is 44.3 Å². The summed E-state index contributed by atoms with van der Waals surface area (Å²) in [6, 6.07) is 7.75. The minimum atomic E-state index is -0.248. The highest BCUT2D eigenvalue weighted by Crippen LogP contribution is 2.19. The Kier molecular flexibility index (Phi) is 6.58. The number of nitrogens with two attached hydrogens (primary N) is 1. The van der Waals surface area contributed by atoms with E-state index >= 15 is 0 Å². The molecule has 1 aliphatic heterocycles. The molecule has 5 rings (SSSR count). The van der Waals surface area contributed by atoms with Gasteiger partial charge in [-0.1, -0.05) is 12.0 Å². The number of nitrogens with one attached hydrogen (secondary N) is 2. The fourth-order valence-corrected chi connectivity index (χ4v) is 4.14. The maximum atomic E-state index is 12.9. The number of nitrogen functional groups attached to an aromatic ring is 1. The van der Waals surface area contributed by atoms with Gasteiger partial charge in [0, 0.05) is 56.4 Å². The van der Waals surface area contributed by atoms with Crippen molar-refractivity contribution in [1.29, 1.82) is 0 Å². The van der Waals surface area contributed by atoms with Gasteiger partial charge in [-0.25, -0.2) is 9.97 Å². The predicted octanol–water partition coefficient (Wildman–Crippen LogP) is 2.04. The van der Waals surface area contributed by atoms with Gasteiger partial charge in [-0.2, -0.15) is 5.10 Å². The van der Waals surface area contributed by atoms with Crippen LogP contribution < -0.4 is 11.1 Å². The topological polar surface area (TPSA) is 129 Å². The first-order valence-corrected chi connectivity index (χ1v) is 11.7. The van der Waals surface area contributed by atoms with Crippen LogP contribution in [0.5, 0.6) is 0 Å². The van der Waals surface area contributed by atoms with Gasteiger partial charge in [0.05, 0.1) is 10.9 Å². The van der Waals surface area contributed by atoms with E-state index in [1.165, 1.54) is 18.1 Å². The Morgan fingerprint density at radius 2 is 1.97 bits per heavy atom. The number of benzene rings is 1. The maximum Gasteiger partial charge on any atom is 0.257 e. The molecule has 1 saturated heterocycles. The number of carbonyl (C=O) groups excluding carboxylic acids is 1. The van der Waals surface area contributed by atoms with Crippen LogP contribution in [0.15, 0.2) is 43.0 Å². The highest BCUT2D eigenvalue weighted by molar-refractivity contribution is 6.04. The second-order valence-corrected chi connectivity index (χ2v) is 8.94. The number of likely N-dealkylation sites (N-methyl/N-ethyl adjacent to an activating group) is 1. The average molecular weight is 482 g/mol. The molecule has 36 heavy (non-hydrogen) atoms. The monoisotopic (exact) mass is 481 g/mol. The van der Waals surface area contributed by atoms with Gasteiger partial charge in [0.15, 0.2) is 5.65 Å². The zero-order valence-corrected chi connectivity index (χ0v) is 20.2. The molecule has 0 unspecified atom stereocenters. The second-order valence-electron chi connectivity index (χ2n) is 8.94. The van der Waals surface area contributed by atoms with Crippen LogP contribution in [0.4, 0.5) is 11.5 Å². The highest BCUT2D eigenvalue weighted by atomic mass is 16.1. The Hall–Kier alpha value is -4.33. The lowest BCUT2D eigenvalue weighted by Crippen LogP contribution is -2.43. The lowest BCUT2D eigenvalue weighted by Gasteiger charge is -2.32. The van der Waals surface area contributed by atoms with E-state index in [-0.39, 0.29) is 5.91 Å². The molecular formula is C26H27N9O. The van der Waals surface area contributed by atoms with Crippen molar-refractivity contribution in [2.45, 2.75) is 13.5 Å². The van der Waals surface area contributed by atoms with Gasteiger partial charge < -0.3 is 16.0 Å². The Bertz CT molecular complexity index is 1480. The van der Waals surface area contributed by atoms with Crippen LogP contribution in [-0.4, -0.2) is 74.1 Å². The fourth-order valence-electron chi connectivity index (χ4n) is 4.14. The molecule has 10 heteroatoms. The number of aryl methyl sites for hydroxylation is 1. The molecule has 0 aliphatic carbocycles. The Morgan fingerprint density at radius 1 is 1.14 bits per heavy atom. The molecule has 0 bridgehead atoms. The predicted molar refractivity (Wildman–Crippen MR) is 138 cm³/mol. The van der Waals surface area contributed by atoms with E-state index in [4.69, 9.17) is 5.73 Å². The summed E-state index contributed by atoms with van der Waals surface area (Å²) < 4.78 is 0. The first-order valence-electron chi connectivity index (χ1n) is 11.7. The van der Waals surface area contributed by atoms with E-state index in [0.717, 1.165) is 44.0 Å². The van der Waals surface area contributed by atoms with Gasteiger partial charge in [0.25, 0.3) is 5.91 Å². The molecule has 0 saturated carbocycles. The van der Waals surface area contributed by atoms with Crippen LogP contribution >= 0.6 is 0 Å². The van der Waals surface area contributed by atoms with Crippen LogP contribution in [0, 0.1) is 18.8 Å². The minimum absolute atomic E-state index is 0.248. The van der Waals surface area contributed by atoms with Crippen LogP contribution in [-0.2, 0) is 6.54 Å². The smallest absolute Gasteiger partial charge is 0.257 e. The lowest BCUT2D eigenvalue weighted by atomic mass is 10.1. The number of nitrogens with zero attached hydrogens (tertiary/aromatic N) is 6. The summed E-state index contributed by atoms with van der Waals surface area (Å²) in [5, 5.41) is 10.4. The van der Waals surface area contributed by atoms with Crippen molar-refractivity contribution >= 4 is 28.4 Å². The van der Waals surface area contributed by atoms with Crippen molar-refractivity contribution in [2.24, 2.45) is 0 Å². The number of hydrogen-bond donors (Lipinski definition) is 3. The summed E-state index contributed by atoms with van der Waals surface area (Å²) in [4.78, 5) is 29.9. The number of pyridine rings is 1. The van der Waals surface area contributed by atoms with E-state index in [0.29, 0.717) is 33.7 Å². The van der Waals surface area contributed by atoms with Crippen LogP contribution in [0.2, 0.25) is 0 Å². The number of carbonyl (C=O) groups is 1. The van der Waals surface area contributed by atoms with Crippen LogP contribution in [0.25, 0.3) is 11.0 Å². The Labute approximate surface area is 208 Å². The van der Waals surface area contributed by atoms with Crippen LogP contribution in [0.3, 0.4) is 0 Å². The number of piperazine rings is 1. The third-order valence-corrected chi connectivity index (χ3v) is 6.30. The lowest BCUT2D eigenvalue weighted by molar-refractivity contribution is 0.102. The average Bonchev–Trinajstić information content (AvgIpc) is 3.30. The van der Waals surface area contributed by atoms with E-state index in [1.807, 2.05) is 12.1 Å². The number of hydrogen-bond acceptors (Lipinski definition) is 8. The normalized spacial score (nSPS) is 14.4. The SMILES string of the molecule is Cc1cc(NC(=O)c2cncc(C#Cc3[nH]nc4ncnc(N)c34)c2)ccc1CN1CCN(C)CC1. The molecule has 4 heterocycles. The molecule has 1 fully saturated rings. The number of aromatic nitrogens is 5. The Morgan fingerprint density at radius 3 is 2.78 bits per heavy atom. The molecule has 3 aromatic heterocycles. The van der Waals surface area contributed by atoms with Crippen molar-refractivity contribution < 1.29 is 4.79 Å². The van der Waals surface area contributed by atoms with Gasteiger partial charge in [-0.15, -0.1) is 0 Å². The standard InChI is InChI=1S/C26H27N9O/c1-17-11-21(5-4-19(17)15-35-9-7-34(2)8-10-35)31-26(36)20-12-18(13-28-14-20)3-6-22-23-24(27)29-16-30-25(23)33-32-22/h4-5,11-14,16H,7-10,15H2,1-2H3,(H,31,36)(H3,27,29,30,32,33). The molecule has 1 aromatic carbocycles. The molecule has 0 spiro atoms. The first-order chi connectivity index (χ1) is 17.5. The third-order valence-electron chi connectivity index (χ3n) is 6.30. The maximum absolute atomic E-state index is 12.9.